The maximum atomic E-state index is 13.5. The topological polar surface area (TPSA) is 91.0 Å². The quantitative estimate of drug-likeness (QED) is 0.590. The molecule has 2 aliphatic rings. The minimum absolute atomic E-state index is 0.0594. The normalized spacial score (nSPS) is 18.5. The number of benzene rings is 2. The number of nitriles is 1. The number of nitrogens with one attached hydrogen (secondary N) is 1. The zero-order chi connectivity index (χ0) is 25.0. The monoisotopic (exact) mass is 479 g/mol. The van der Waals surface area contributed by atoms with Crippen LogP contribution in [0.15, 0.2) is 54.7 Å². The van der Waals surface area contributed by atoms with Crippen LogP contribution in [0.4, 0.5) is 24.5 Å². The first-order valence-electron chi connectivity index (χ1n) is 11.0. The van der Waals surface area contributed by atoms with Crippen molar-refractivity contribution in [2.45, 2.75) is 43.9 Å². The van der Waals surface area contributed by atoms with Crippen molar-refractivity contribution < 1.29 is 22.8 Å². The minimum atomic E-state index is -4.32. The van der Waals surface area contributed by atoms with Crippen molar-refractivity contribution in [3.8, 4) is 6.07 Å². The largest absolute Gasteiger partial charge is 0.398 e. The number of hydrogen-bond donors (Lipinski definition) is 1. The van der Waals surface area contributed by atoms with Gasteiger partial charge in [-0.25, -0.2) is 0 Å². The summed E-state index contributed by atoms with van der Waals surface area (Å²) in [6.07, 6.45) is -2.88. The van der Waals surface area contributed by atoms with Gasteiger partial charge in [0, 0.05) is 11.4 Å². The Hall–Kier alpha value is -4.13. The van der Waals surface area contributed by atoms with Gasteiger partial charge < -0.3 is 10.2 Å². The summed E-state index contributed by atoms with van der Waals surface area (Å²) in [4.78, 5) is 27.9. The second kappa shape index (κ2) is 7.98. The molecule has 0 unspecified atom stereocenters. The lowest BCUT2D eigenvalue weighted by Crippen LogP contribution is -2.47. The predicted octanol–water partition coefficient (Wildman–Crippen LogP) is 4.65. The summed E-state index contributed by atoms with van der Waals surface area (Å²) in [5, 5.41) is 15.9. The van der Waals surface area contributed by atoms with E-state index in [-0.39, 0.29) is 35.7 Å². The molecular formula is C25H20F3N5O2. The third-order valence-corrected chi connectivity index (χ3v) is 6.62. The molecule has 2 amide bonds. The van der Waals surface area contributed by atoms with Crippen molar-refractivity contribution in [1.29, 1.82) is 5.26 Å². The number of fused-ring (bicyclic) bond motifs is 1. The van der Waals surface area contributed by atoms with Gasteiger partial charge in [0.05, 0.1) is 41.4 Å². The van der Waals surface area contributed by atoms with Crippen LogP contribution in [0.3, 0.4) is 0 Å². The maximum Gasteiger partial charge on any atom is 0.398 e. The molecule has 0 saturated heterocycles. The summed E-state index contributed by atoms with van der Waals surface area (Å²) in [5.74, 6) is -1.03. The lowest BCUT2D eigenvalue weighted by atomic mass is 9.95. The minimum Gasteiger partial charge on any atom is -0.322 e. The Morgan fingerprint density at radius 2 is 1.91 bits per heavy atom. The van der Waals surface area contributed by atoms with E-state index in [4.69, 9.17) is 5.26 Å². The van der Waals surface area contributed by atoms with Gasteiger partial charge in [-0.2, -0.15) is 23.5 Å². The molecule has 5 rings (SSSR count). The Morgan fingerprint density at radius 1 is 1.20 bits per heavy atom. The molecule has 1 fully saturated rings. The van der Waals surface area contributed by atoms with Crippen LogP contribution in [0.1, 0.15) is 51.7 Å². The highest BCUT2D eigenvalue weighted by molar-refractivity contribution is 6.15. The number of rotatable bonds is 4. The van der Waals surface area contributed by atoms with Crippen LogP contribution in [0.5, 0.6) is 0 Å². The number of hydrogen-bond acceptors (Lipinski definition) is 4. The fourth-order valence-corrected chi connectivity index (χ4v) is 4.60. The van der Waals surface area contributed by atoms with Gasteiger partial charge in [-0.05, 0) is 55.7 Å². The summed E-state index contributed by atoms with van der Waals surface area (Å²) in [5.41, 5.74) is -0.222. The van der Waals surface area contributed by atoms with Crippen LogP contribution in [-0.4, -0.2) is 33.8 Å². The number of nitrogens with zero attached hydrogens (tertiary/aromatic N) is 4. The van der Waals surface area contributed by atoms with Gasteiger partial charge in [0.25, 0.3) is 11.8 Å². The number of anilines is 2. The molecule has 1 saturated carbocycles. The number of halogens is 3. The van der Waals surface area contributed by atoms with E-state index in [0.29, 0.717) is 23.5 Å². The first-order chi connectivity index (χ1) is 16.6. The lowest BCUT2D eigenvalue weighted by Gasteiger charge is -2.34. The number of aromatic nitrogens is 2. The summed E-state index contributed by atoms with van der Waals surface area (Å²) in [6, 6.07) is 13.9. The van der Waals surface area contributed by atoms with Crippen molar-refractivity contribution in [3.05, 3.63) is 77.1 Å². The fourth-order valence-electron chi connectivity index (χ4n) is 4.60. The smallest absolute Gasteiger partial charge is 0.322 e. The highest BCUT2D eigenvalue weighted by Crippen LogP contribution is 2.59. The molecule has 2 aromatic carbocycles. The molecule has 10 heteroatoms. The zero-order valence-corrected chi connectivity index (χ0v) is 18.6. The van der Waals surface area contributed by atoms with E-state index in [1.807, 2.05) is 13.0 Å². The molecule has 1 aromatic heterocycles. The summed E-state index contributed by atoms with van der Waals surface area (Å²) < 4.78 is 41.9. The van der Waals surface area contributed by atoms with Crippen molar-refractivity contribution in [2.24, 2.45) is 0 Å². The first-order valence-corrected chi connectivity index (χ1v) is 11.0. The average Bonchev–Trinajstić information content (AvgIpc) is 3.54. The van der Waals surface area contributed by atoms with Crippen molar-refractivity contribution >= 4 is 23.2 Å². The van der Waals surface area contributed by atoms with Crippen LogP contribution in [-0.2, 0) is 12.0 Å². The van der Waals surface area contributed by atoms with Crippen LogP contribution in [0, 0.1) is 11.3 Å². The summed E-state index contributed by atoms with van der Waals surface area (Å²) in [7, 11) is 0. The van der Waals surface area contributed by atoms with Gasteiger partial charge in [-0.1, -0.05) is 18.2 Å². The second-order valence-electron chi connectivity index (χ2n) is 8.89. The van der Waals surface area contributed by atoms with E-state index in [1.54, 1.807) is 18.2 Å². The number of alkyl halides is 3. The van der Waals surface area contributed by atoms with Gasteiger partial charge in [0.2, 0.25) is 0 Å². The lowest BCUT2D eigenvalue weighted by molar-refractivity contribution is -0.160. The molecule has 0 bridgehead atoms. The molecular weight excluding hydrogens is 459 g/mol. The number of carbonyl (C=O) groups is 2. The molecule has 178 valence electrons. The predicted molar refractivity (Wildman–Crippen MR) is 121 cm³/mol. The molecule has 1 atom stereocenters. The zero-order valence-electron chi connectivity index (χ0n) is 18.6. The molecule has 3 aromatic rings. The maximum absolute atomic E-state index is 13.5. The van der Waals surface area contributed by atoms with E-state index in [0.717, 1.165) is 0 Å². The van der Waals surface area contributed by atoms with Crippen molar-refractivity contribution in [1.82, 2.24) is 9.78 Å². The summed E-state index contributed by atoms with van der Waals surface area (Å²) in [6.45, 7) is 2.12. The highest BCUT2D eigenvalue weighted by Gasteiger charge is 2.64. The molecule has 1 N–H and O–H groups in total. The van der Waals surface area contributed by atoms with Crippen molar-refractivity contribution in [2.75, 3.05) is 10.2 Å². The van der Waals surface area contributed by atoms with Crippen LogP contribution < -0.4 is 10.2 Å². The SMILES string of the molecule is C[C@H]1Cn2ncc(C(=O)Nc3cccc(C#N)c3)c2C(=O)N1c1ccc(C2(C(F)(F)F)CC2)cc1. The standard InChI is InChI=1S/C25H20F3N5O2/c1-15-14-32-21(20(13-30-32)22(34)31-18-4-2-3-16(11-18)12-29)23(35)33(15)19-7-5-17(6-8-19)24(9-10-24)25(26,27)28/h2-8,11,13,15H,9-10,14H2,1H3,(H,31,34)/t15-/m0/s1. The van der Waals surface area contributed by atoms with E-state index in [2.05, 4.69) is 10.4 Å². The second-order valence-corrected chi connectivity index (χ2v) is 8.89. The first kappa shape index (κ1) is 22.7. The molecule has 0 spiro atoms. The third kappa shape index (κ3) is 3.73. The van der Waals surface area contributed by atoms with Gasteiger partial charge in [0.15, 0.2) is 0 Å². The molecule has 0 radical (unpaired) electrons. The van der Waals surface area contributed by atoms with Crippen LogP contribution >= 0.6 is 0 Å². The van der Waals surface area contributed by atoms with Crippen molar-refractivity contribution in [3.63, 3.8) is 0 Å². The Balaban J connectivity index is 1.42. The number of carbonyl (C=O) groups excluding carboxylic acids is 2. The molecule has 1 aliphatic carbocycles. The van der Waals surface area contributed by atoms with Gasteiger partial charge in [-0.3, -0.25) is 14.3 Å². The Morgan fingerprint density at radius 3 is 2.54 bits per heavy atom. The highest BCUT2D eigenvalue weighted by atomic mass is 19.4. The van der Waals surface area contributed by atoms with Crippen LogP contribution in [0.2, 0.25) is 0 Å². The van der Waals surface area contributed by atoms with Crippen LogP contribution in [0.25, 0.3) is 0 Å². The summed E-state index contributed by atoms with van der Waals surface area (Å²) >= 11 is 0. The Bertz CT molecular complexity index is 1370. The molecule has 1 aliphatic heterocycles. The molecule has 7 nitrogen and oxygen atoms in total. The number of amides is 2. The van der Waals surface area contributed by atoms with Gasteiger partial charge >= 0.3 is 6.18 Å². The Labute approximate surface area is 198 Å². The van der Waals surface area contributed by atoms with Gasteiger partial charge in [0.1, 0.15) is 5.69 Å². The molecule has 35 heavy (non-hydrogen) atoms. The fraction of sp³-hybridized carbons (Fsp3) is 0.280. The van der Waals surface area contributed by atoms with Gasteiger partial charge in [-0.15, -0.1) is 0 Å². The van der Waals surface area contributed by atoms with E-state index < -0.39 is 23.4 Å². The van der Waals surface area contributed by atoms with E-state index >= 15 is 0 Å². The van der Waals surface area contributed by atoms with E-state index in [9.17, 15) is 22.8 Å². The average molecular weight is 479 g/mol. The molecule has 2 heterocycles. The Kier molecular flexibility index (Phi) is 5.16. The third-order valence-electron chi connectivity index (χ3n) is 6.62. The van der Waals surface area contributed by atoms with E-state index in [1.165, 1.54) is 46.1 Å².